The number of hydrogen-bond donors (Lipinski definition) is 1. The molecule has 0 atom stereocenters. The Bertz CT molecular complexity index is 308. The maximum Gasteiger partial charge on any atom is 0.283 e. The Balaban J connectivity index is 1.91. The number of oxazole rings is 1. The minimum atomic E-state index is -2.53. The van der Waals surface area contributed by atoms with Gasteiger partial charge in [-0.15, -0.1) is 0 Å². The molecule has 2 rings (SSSR count). The first-order valence-corrected chi connectivity index (χ1v) is 5.19. The summed E-state index contributed by atoms with van der Waals surface area (Å²) in [6.07, 6.45) is 1.32. The van der Waals surface area contributed by atoms with Crippen LogP contribution in [-0.4, -0.2) is 18.1 Å². The van der Waals surface area contributed by atoms with Crippen molar-refractivity contribution in [2.24, 2.45) is 5.92 Å². The summed E-state index contributed by atoms with van der Waals surface area (Å²) < 4.78 is 29.5. The van der Waals surface area contributed by atoms with Crippen molar-refractivity contribution in [2.75, 3.05) is 13.1 Å². The Morgan fingerprint density at radius 1 is 1.47 bits per heavy atom. The van der Waals surface area contributed by atoms with Crippen LogP contribution in [0.3, 0.4) is 0 Å². The molecule has 2 heterocycles. The number of halogens is 2. The predicted octanol–water partition coefficient (Wildman–Crippen LogP) is 2.15. The summed E-state index contributed by atoms with van der Waals surface area (Å²) in [5, 5.41) is 3.25. The molecule has 1 saturated heterocycles. The van der Waals surface area contributed by atoms with E-state index >= 15 is 0 Å². The minimum absolute atomic E-state index is 0.251. The van der Waals surface area contributed by atoms with Gasteiger partial charge in [-0.1, -0.05) is 0 Å². The molecule has 3 nitrogen and oxygen atoms in total. The summed E-state index contributed by atoms with van der Waals surface area (Å²) >= 11 is 0. The largest absolute Gasteiger partial charge is 0.448 e. The molecule has 1 aliphatic rings. The summed E-state index contributed by atoms with van der Waals surface area (Å²) in [7, 11) is 0. The lowest BCUT2D eigenvalue weighted by Crippen LogP contribution is -2.28. The lowest BCUT2D eigenvalue weighted by molar-refractivity contribution is 0.146. The normalized spacial score (nSPS) is 18.6. The number of rotatable bonds is 3. The molecule has 0 bridgehead atoms. The fourth-order valence-electron chi connectivity index (χ4n) is 1.85. The van der Waals surface area contributed by atoms with Crippen LogP contribution >= 0.6 is 0 Å². The number of nitrogens with zero attached hydrogens (tertiary/aromatic N) is 1. The van der Waals surface area contributed by atoms with Crippen molar-refractivity contribution in [1.82, 2.24) is 10.3 Å². The molecular weight excluding hydrogens is 202 g/mol. The van der Waals surface area contributed by atoms with Crippen molar-refractivity contribution in [3.8, 4) is 0 Å². The standard InChI is InChI=1S/C10H14F2N2O/c11-10(12)8-6-15-9(14-8)5-7-1-3-13-4-2-7/h6-7,10,13H,1-5H2. The second-order valence-electron chi connectivity index (χ2n) is 3.86. The highest BCUT2D eigenvalue weighted by Crippen LogP contribution is 2.21. The molecule has 0 aliphatic carbocycles. The van der Waals surface area contributed by atoms with Gasteiger partial charge >= 0.3 is 0 Å². The zero-order chi connectivity index (χ0) is 10.7. The summed E-state index contributed by atoms with van der Waals surface area (Å²) in [6.45, 7) is 1.99. The molecule has 5 heteroatoms. The number of piperidine rings is 1. The SMILES string of the molecule is FC(F)c1coc(CC2CCNCC2)n1. The third-order valence-electron chi connectivity index (χ3n) is 2.72. The number of alkyl halides is 2. The first-order chi connectivity index (χ1) is 7.25. The molecule has 0 aromatic carbocycles. The predicted molar refractivity (Wildman–Crippen MR) is 50.8 cm³/mol. The van der Waals surface area contributed by atoms with Gasteiger partial charge in [0.1, 0.15) is 12.0 Å². The van der Waals surface area contributed by atoms with Crippen molar-refractivity contribution in [3.05, 3.63) is 17.8 Å². The summed E-state index contributed by atoms with van der Waals surface area (Å²) in [5.41, 5.74) is -0.251. The van der Waals surface area contributed by atoms with Crippen LogP contribution in [0.1, 0.15) is 30.9 Å². The summed E-state index contributed by atoms with van der Waals surface area (Å²) in [5.74, 6) is 0.952. The second kappa shape index (κ2) is 4.70. The molecule has 0 unspecified atom stereocenters. The van der Waals surface area contributed by atoms with Crippen LogP contribution in [0.4, 0.5) is 8.78 Å². The monoisotopic (exact) mass is 216 g/mol. The van der Waals surface area contributed by atoms with E-state index in [0.29, 0.717) is 18.2 Å². The average molecular weight is 216 g/mol. The molecule has 1 aromatic rings. The number of hydrogen-bond acceptors (Lipinski definition) is 3. The van der Waals surface area contributed by atoms with Gasteiger partial charge in [0.25, 0.3) is 6.43 Å². The molecular formula is C10H14F2N2O. The van der Waals surface area contributed by atoms with Gasteiger partial charge in [-0.05, 0) is 31.8 Å². The Hall–Kier alpha value is -0.970. The molecule has 84 valence electrons. The molecule has 0 radical (unpaired) electrons. The van der Waals surface area contributed by atoms with Gasteiger partial charge in [-0.3, -0.25) is 0 Å². The maximum atomic E-state index is 12.2. The minimum Gasteiger partial charge on any atom is -0.448 e. The van der Waals surface area contributed by atoms with Gasteiger partial charge in [-0.25, -0.2) is 13.8 Å². The molecule has 1 aromatic heterocycles. The average Bonchev–Trinajstić information content (AvgIpc) is 2.68. The number of aromatic nitrogens is 1. The van der Waals surface area contributed by atoms with E-state index in [0.717, 1.165) is 32.2 Å². The Kier molecular flexibility index (Phi) is 3.30. The lowest BCUT2D eigenvalue weighted by atomic mass is 9.95. The molecule has 1 fully saturated rings. The smallest absolute Gasteiger partial charge is 0.283 e. The van der Waals surface area contributed by atoms with Gasteiger partial charge in [-0.2, -0.15) is 0 Å². The highest BCUT2D eigenvalue weighted by Gasteiger charge is 2.18. The molecule has 0 spiro atoms. The Labute approximate surface area is 86.9 Å². The highest BCUT2D eigenvalue weighted by atomic mass is 19.3. The topological polar surface area (TPSA) is 38.1 Å². The first kappa shape index (κ1) is 10.5. The quantitative estimate of drug-likeness (QED) is 0.841. The summed E-state index contributed by atoms with van der Waals surface area (Å²) in [6, 6.07) is 0. The van der Waals surface area contributed by atoms with Gasteiger partial charge in [0.05, 0.1) is 0 Å². The van der Waals surface area contributed by atoms with Gasteiger partial charge in [0.15, 0.2) is 5.89 Å². The Morgan fingerprint density at radius 3 is 2.80 bits per heavy atom. The van der Waals surface area contributed by atoms with Crippen LogP contribution in [0.2, 0.25) is 0 Å². The lowest BCUT2D eigenvalue weighted by Gasteiger charge is -2.20. The zero-order valence-corrected chi connectivity index (χ0v) is 8.38. The van der Waals surface area contributed by atoms with E-state index in [1.54, 1.807) is 0 Å². The van der Waals surface area contributed by atoms with E-state index < -0.39 is 6.43 Å². The fraction of sp³-hybridized carbons (Fsp3) is 0.700. The van der Waals surface area contributed by atoms with Gasteiger partial charge in [0, 0.05) is 6.42 Å². The van der Waals surface area contributed by atoms with E-state index in [2.05, 4.69) is 10.3 Å². The molecule has 15 heavy (non-hydrogen) atoms. The zero-order valence-electron chi connectivity index (χ0n) is 8.38. The van der Waals surface area contributed by atoms with Gasteiger partial charge < -0.3 is 9.73 Å². The van der Waals surface area contributed by atoms with Crippen molar-refractivity contribution >= 4 is 0 Å². The Morgan fingerprint density at radius 2 is 2.20 bits per heavy atom. The van der Waals surface area contributed by atoms with Crippen LogP contribution in [0.15, 0.2) is 10.7 Å². The van der Waals surface area contributed by atoms with Crippen molar-refractivity contribution in [2.45, 2.75) is 25.7 Å². The van der Waals surface area contributed by atoms with E-state index in [4.69, 9.17) is 4.42 Å². The van der Waals surface area contributed by atoms with E-state index in [-0.39, 0.29) is 5.69 Å². The molecule has 0 amide bonds. The maximum absolute atomic E-state index is 12.2. The molecule has 1 aliphatic heterocycles. The van der Waals surface area contributed by atoms with Crippen LogP contribution in [-0.2, 0) is 6.42 Å². The van der Waals surface area contributed by atoms with Crippen molar-refractivity contribution in [3.63, 3.8) is 0 Å². The number of nitrogens with one attached hydrogen (secondary N) is 1. The summed E-state index contributed by atoms with van der Waals surface area (Å²) in [4.78, 5) is 3.77. The van der Waals surface area contributed by atoms with Crippen LogP contribution in [0, 0.1) is 5.92 Å². The fourth-order valence-corrected chi connectivity index (χ4v) is 1.85. The molecule has 0 saturated carbocycles. The van der Waals surface area contributed by atoms with E-state index in [1.807, 2.05) is 0 Å². The van der Waals surface area contributed by atoms with Crippen molar-refractivity contribution in [1.29, 1.82) is 0 Å². The first-order valence-electron chi connectivity index (χ1n) is 5.19. The van der Waals surface area contributed by atoms with Crippen LogP contribution in [0.25, 0.3) is 0 Å². The third-order valence-corrected chi connectivity index (χ3v) is 2.72. The van der Waals surface area contributed by atoms with Crippen LogP contribution < -0.4 is 5.32 Å². The molecule has 1 N–H and O–H groups in total. The third kappa shape index (κ3) is 2.75. The van der Waals surface area contributed by atoms with E-state index in [1.165, 1.54) is 0 Å². The highest BCUT2D eigenvalue weighted by molar-refractivity contribution is 4.98. The second-order valence-corrected chi connectivity index (χ2v) is 3.86. The van der Waals surface area contributed by atoms with Crippen molar-refractivity contribution < 1.29 is 13.2 Å². The van der Waals surface area contributed by atoms with Gasteiger partial charge in [0.2, 0.25) is 0 Å². The van der Waals surface area contributed by atoms with Crippen LogP contribution in [0.5, 0.6) is 0 Å². The van der Waals surface area contributed by atoms with E-state index in [9.17, 15) is 8.78 Å².